The number of methoxy groups -OCH3 is 1. The first kappa shape index (κ1) is 27.7. The van der Waals surface area contributed by atoms with Gasteiger partial charge in [0, 0.05) is 17.1 Å². The number of ether oxygens (including phenoxy) is 1. The Hall–Kier alpha value is -2.59. The van der Waals surface area contributed by atoms with Crippen LogP contribution in [0.4, 0.5) is 5.69 Å². The topological polar surface area (TPSA) is 96.0 Å². The highest BCUT2D eigenvalue weighted by molar-refractivity contribution is 9.10. The molecular formula is C24H32BrN3O5S. The number of rotatable bonds is 10. The summed E-state index contributed by atoms with van der Waals surface area (Å²) in [5.74, 6) is -0.204. The van der Waals surface area contributed by atoms with Crippen molar-refractivity contribution in [2.24, 2.45) is 0 Å². The van der Waals surface area contributed by atoms with Gasteiger partial charge in [0.1, 0.15) is 18.3 Å². The van der Waals surface area contributed by atoms with Crippen molar-refractivity contribution < 1.29 is 22.7 Å². The molecule has 0 heterocycles. The van der Waals surface area contributed by atoms with Gasteiger partial charge in [-0.3, -0.25) is 13.9 Å². The van der Waals surface area contributed by atoms with Gasteiger partial charge < -0.3 is 15.0 Å². The van der Waals surface area contributed by atoms with Gasteiger partial charge in [-0.25, -0.2) is 8.42 Å². The Kier molecular flexibility index (Phi) is 9.52. The zero-order valence-corrected chi connectivity index (χ0v) is 22.7. The molecule has 0 saturated heterocycles. The first-order chi connectivity index (χ1) is 15.8. The number of sulfonamides is 1. The molecule has 2 rings (SSSR count). The number of aryl methyl sites for hydroxylation is 1. The summed E-state index contributed by atoms with van der Waals surface area (Å²) in [4.78, 5) is 27.7. The van der Waals surface area contributed by atoms with Crippen LogP contribution in [0.3, 0.4) is 0 Å². The van der Waals surface area contributed by atoms with E-state index in [4.69, 9.17) is 4.74 Å². The standard InChI is InChI=1S/C24H32BrN3O5S/c1-16(2)26-24(30)18(4)27(14-19-8-7-9-21(13-19)33-5)23(29)15-28(34(6,31)32)20-10-11-22(25)17(3)12-20/h7-13,16,18H,14-15H2,1-6H3,(H,26,30). The van der Waals surface area contributed by atoms with Gasteiger partial charge >= 0.3 is 0 Å². The molecule has 1 atom stereocenters. The fourth-order valence-electron chi connectivity index (χ4n) is 3.35. The van der Waals surface area contributed by atoms with Gasteiger partial charge in [0.05, 0.1) is 19.1 Å². The van der Waals surface area contributed by atoms with E-state index in [0.29, 0.717) is 11.4 Å². The number of hydrogen-bond donors (Lipinski definition) is 1. The smallest absolute Gasteiger partial charge is 0.244 e. The third-order valence-corrected chi connectivity index (χ3v) is 7.22. The van der Waals surface area contributed by atoms with Crippen molar-refractivity contribution in [2.75, 3.05) is 24.2 Å². The predicted octanol–water partition coefficient (Wildman–Crippen LogP) is 3.47. The van der Waals surface area contributed by atoms with Crippen LogP contribution < -0.4 is 14.4 Å². The molecule has 186 valence electrons. The third kappa shape index (κ3) is 7.46. The number of nitrogens with zero attached hydrogens (tertiary/aromatic N) is 2. The van der Waals surface area contributed by atoms with E-state index in [9.17, 15) is 18.0 Å². The molecule has 34 heavy (non-hydrogen) atoms. The molecule has 1 unspecified atom stereocenters. The van der Waals surface area contributed by atoms with Crippen molar-refractivity contribution in [3.8, 4) is 5.75 Å². The minimum Gasteiger partial charge on any atom is -0.497 e. The van der Waals surface area contributed by atoms with E-state index >= 15 is 0 Å². The lowest BCUT2D eigenvalue weighted by Gasteiger charge is -2.32. The maximum atomic E-state index is 13.5. The number of carbonyl (C=O) groups is 2. The zero-order valence-electron chi connectivity index (χ0n) is 20.3. The third-order valence-electron chi connectivity index (χ3n) is 5.19. The number of carbonyl (C=O) groups excluding carboxylic acids is 2. The second-order valence-corrected chi connectivity index (χ2v) is 11.2. The first-order valence-corrected chi connectivity index (χ1v) is 13.4. The summed E-state index contributed by atoms with van der Waals surface area (Å²) in [7, 11) is -2.23. The SMILES string of the molecule is COc1cccc(CN(C(=O)CN(c2ccc(Br)c(C)c2)S(C)(=O)=O)C(C)C(=O)NC(C)C)c1. The number of hydrogen-bond acceptors (Lipinski definition) is 5. The molecule has 10 heteroatoms. The fourth-order valence-corrected chi connectivity index (χ4v) is 4.44. The summed E-state index contributed by atoms with van der Waals surface area (Å²) in [6.07, 6.45) is 1.05. The predicted molar refractivity (Wildman–Crippen MR) is 137 cm³/mol. The van der Waals surface area contributed by atoms with Crippen LogP contribution in [0, 0.1) is 6.92 Å². The van der Waals surface area contributed by atoms with E-state index in [1.54, 1.807) is 50.4 Å². The van der Waals surface area contributed by atoms with Gasteiger partial charge in [-0.2, -0.15) is 0 Å². The van der Waals surface area contributed by atoms with E-state index in [2.05, 4.69) is 21.2 Å². The van der Waals surface area contributed by atoms with E-state index in [1.807, 2.05) is 26.8 Å². The second kappa shape index (κ2) is 11.7. The lowest BCUT2D eigenvalue weighted by Crippen LogP contribution is -2.52. The molecule has 8 nitrogen and oxygen atoms in total. The monoisotopic (exact) mass is 553 g/mol. The van der Waals surface area contributed by atoms with Gasteiger partial charge in [0.2, 0.25) is 21.8 Å². The summed E-state index contributed by atoms with van der Waals surface area (Å²) in [6, 6.07) is 11.3. The average Bonchev–Trinajstić information content (AvgIpc) is 2.76. The lowest BCUT2D eigenvalue weighted by atomic mass is 10.1. The van der Waals surface area contributed by atoms with Crippen molar-refractivity contribution in [1.29, 1.82) is 0 Å². The maximum Gasteiger partial charge on any atom is 0.244 e. The second-order valence-electron chi connectivity index (χ2n) is 8.42. The van der Waals surface area contributed by atoms with Crippen molar-refractivity contribution in [3.63, 3.8) is 0 Å². The van der Waals surface area contributed by atoms with E-state index in [0.717, 1.165) is 26.2 Å². The number of anilines is 1. The summed E-state index contributed by atoms with van der Waals surface area (Å²) in [6.45, 7) is 6.80. The quantitative estimate of drug-likeness (QED) is 0.486. The molecule has 0 saturated carbocycles. The number of halogens is 1. The molecule has 0 radical (unpaired) electrons. The summed E-state index contributed by atoms with van der Waals surface area (Å²) < 4.78 is 32.4. The van der Waals surface area contributed by atoms with Gasteiger partial charge in [-0.05, 0) is 69.2 Å². The van der Waals surface area contributed by atoms with E-state index in [-0.39, 0.29) is 18.5 Å². The molecule has 0 fully saturated rings. The molecule has 0 aliphatic heterocycles. The molecular weight excluding hydrogens is 522 g/mol. The molecule has 0 aliphatic rings. The van der Waals surface area contributed by atoms with Gasteiger partial charge in [0.15, 0.2) is 0 Å². The van der Waals surface area contributed by atoms with Crippen LogP contribution in [-0.2, 0) is 26.2 Å². The highest BCUT2D eigenvalue weighted by atomic mass is 79.9. The molecule has 2 aromatic rings. The Bertz CT molecular complexity index is 1140. The van der Waals surface area contributed by atoms with Gasteiger partial charge in [0.25, 0.3) is 0 Å². The van der Waals surface area contributed by atoms with Crippen molar-refractivity contribution in [1.82, 2.24) is 10.2 Å². The Morgan fingerprint density at radius 1 is 1.12 bits per heavy atom. The Morgan fingerprint density at radius 2 is 1.79 bits per heavy atom. The Morgan fingerprint density at radius 3 is 2.35 bits per heavy atom. The van der Waals surface area contributed by atoms with E-state index in [1.165, 1.54) is 4.90 Å². The largest absolute Gasteiger partial charge is 0.497 e. The fraction of sp³-hybridized carbons (Fsp3) is 0.417. The minimum absolute atomic E-state index is 0.109. The van der Waals surface area contributed by atoms with E-state index < -0.39 is 28.5 Å². The summed E-state index contributed by atoms with van der Waals surface area (Å²) >= 11 is 3.41. The number of benzene rings is 2. The molecule has 0 aliphatic carbocycles. The summed E-state index contributed by atoms with van der Waals surface area (Å²) in [5, 5.41) is 2.82. The Balaban J connectivity index is 2.42. The molecule has 0 bridgehead atoms. The van der Waals surface area contributed by atoms with Crippen LogP contribution in [-0.4, -0.2) is 57.1 Å². The van der Waals surface area contributed by atoms with Crippen LogP contribution in [0.15, 0.2) is 46.9 Å². The molecule has 2 aromatic carbocycles. The van der Waals surface area contributed by atoms with Crippen molar-refractivity contribution in [3.05, 3.63) is 58.1 Å². The number of amides is 2. The van der Waals surface area contributed by atoms with Crippen molar-refractivity contribution >= 4 is 43.5 Å². The molecule has 0 spiro atoms. The van der Waals surface area contributed by atoms with Crippen molar-refractivity contribution in [2.45, 2.75) is 46.3 Å². The summed E-state index contributed by atoms with van der Waals surface area (Å²) in [5.41, 5.74) is 1.95. The van der Waals surface area contributed by atoms with Crippen LogP contribution in [0.25, 0.3) is 0 Å². The Labute approximate surface area is 210 Å². The van der Waals surface area contributed by atoms with Gasteiger partial charge in [-0.15, -0.1) is 0 Å². The average molecular weight is 555 g/mol. The lowest BCUT2D eigenvalue weighted by molar-refractivity contribution is -0.139. The zero-order chi connectivity index (χ0) is 25.6. The maximum absolute atomic E-state index is 13.5. The van der Waals surface area contributed by atoms with Crippen LogP contribution in [0.1, 0.15) is 31.9 Å². The normalized spacial score (nSPS) is 12.2. The van der Waals surface area contributed by atoms with Crippen LogP contribution >= 0.6 is 15.9 Å². The van der Waals surface area contributed by atoms with Gasteiger partial charge in [-0.1, -0.05) is 28.1 Å². The highest BCUT2D eigenvalue weighted by Gasteiger charge is 2.30. The van der Waals surface area contributed by atoms with Crippen LogP contribution in [0.5, 0.6) is 5.75 Å². The first-order valence-electron chi connectivity index (χ1n) is 10.8. The highest BCUT2D eigenvalue weighted by Crippen LogP contribution is 2.25. The molecule has 2 amide bonds. The molecule has 0 aromatic heterocycles. The minimum atomic E-state index is -3.77. The van der Waals surface area contributed by atoms with Crippen LogP contribution in [0.2, 0.25) is 0 Å². The number of nitrogens with one attached hydrogen (secondary N) is 1. The molecule has 1 N–H and O–H groups in total.